The van der Waals surface area contributed by atoms with Crippen LogP contribution in [0.15, 0.2) is 5.38 Å². The van der Waals surface area contributed by atoms with Gasteiger partial charge < -0.3 is 0 Å². The highest BCUT2D eigenvalue weighted by Crippen LogP contribution is 2.40. The summed E-state index contributed by atoms with van der Waals surface area (Å²) < 4.78 is 0. The van der Waals surface area contributed by atoms with E-state index in [0.717, 1.165) is 5.92 Å². The van der Waals surface area contributed by atoms with Gasteiger partial charge in [0.05, 0.1) is 5.01 Å². The zero-order valence-electron chi connectivity index (χ0n) is 8.66. The summed E-state index contributed by atoms with van der Waals surface area (Å²) in [5, 5.41) is 3.51. The summed E-state index contributed by atoms with van der Waals surface area (Å²) in [5.74, 6) is 1.49. The first-order valence-electron chi connectivity index (χ1n) is 5.23. The van der Waals surface area contributed by atoms with Gasteiger partial charge in [-0.05, 0) is 32.1 Å². The third-order valence-corrected chi connectivity index (χ3v) is 5.01. The number of thiazole rings is 1. The summed E-state index contributed by atoms with van der Waals surface area (Å²) in [4.78, 5) is 5.32. The Balaban J connectivity index is 2.15. The summed E-state index contributed by atoms with van der Waals surface area (Å²) in [6.45, 7) is 4.44. The maximum Gasteiger partial charge on any atom is 0.0962 e. The molecule has 0 amide bonds. The monoisotopic (exact) mass is 273 g/mol. The van der Waals surface area contributed by atoms with Crippen molar-refractivity contribution < 1.29 is 0 Å². The van der Waals surface area contributed by atoms with Gasteiger partial charge in [-0.3, -0.25) is 0 Å². The predicted octanol–water partition coefficient (Wildman–Crippen LogP) is 4.12. The van der Waals surface area contributed by atoms with Crippen LogP contribution < -0.4 is 0 Å². The van der Waals surface area contributed by atoms with Crippen molar-refractivity contribution in [1.82, 2.24) is 4.98 Å². The Morgan fingerprint density at radius 2 is 2.29 bits per heavy atom. The number of aryl methyl sites for hydroxylation is 1. The highest BCUT2D eigenvalue weighted by atomic mass is 79.9. The van der Waals surface area contributed by atoms with E-state index in [2.05, 4.69) is 40.1 Å². The summed E-state index contributed by atoms with van der Waals surface area (Å²) in [7, 11) is 0. The van der Waals surface area contributed by atoms with Crippen LogP contribution in [0.4, 0.5) is 0 Å². The SMILES string of the molecule is Cc1csc(C2CC(Br)CCC2C)n1. The van der Waals surface area contributed by atoms with Gasteiger partial charge in [-0.2, -0.15) is 0 Å². The minimum Gasteiger partial charge on any atom is -0.246 e. The molecule has 1 aromatic rings. The van der Waals surface area contributed by atoms with Crippen LogP contribution in [0.5, 0.6) is 0 Å². The lowest BCUT2D eigenvalue weighted by molar-refractivity contribution is 0.339. The highest BCUT2D eigenvalue weighted by Gasteiger charge is 2.29. The van der Waals surface area contributed by atoms with E-state index in [1.807, 2.05) is 11.3 Å². The molecule has 3 unspecified atom stereocenters. The van der Waals surface area contributed by atoms with Gasteiger partial charge in [-0.1, -0.05) is 22.9 Å². The molecule has 1 aliphatic carbocycles. The first kappa shape index (κ1) is 10.6. The van der Waals surface area contributed by atoms with Gasteiger partial charge >= 0.3 is 0 Å². The number of aromatic nitrogens is 1. The highest BCUT2D eigenvalue weighted by molar-refractivity contribution is 9.09. The predicted molar refractivity (Wildman–Crippen MR) is 65.3 cm³/mol. The molecular formula is C11H16BrNS. The molecule has 3 atom stereocenters. The van der Waals surface area contributed by atoms with E-state index in [1.54, 1.807) is 0 Å². The molecule has 78 valence electrons. The van der Waals surface area contributed by atoms with Crippen LogP contribution in [0.25, 0.3) is 0 Å². The number of alkyl halides is 1. The van der Waals surface area contributed by atoms with E-state index in [4.69, 9.17) is 0 Å². The average Bonchev–Trinajstić information content (AvgIpc) is 2.56. The van der Waals surface area contributed by atoms with E-state index >= 15 is 0 Å². The van der Waals surface area contributed by atoms with Crippen molar-refractivity contribution in [2.45, 2.75) is 43.9 Å². The third-order valence-electron chi connectivity index (χ3n) is 3.09. The molecule has 1 fully saturated rings. The van der Waals surface area contributed by atoms with E-state index in [1.165, 1.54) is 30.0 Å². The van der Waals surface area contributed by atoms with Gasteiger partial charge in [0, 0.05) is 21.8 Å². The molecule has 0 spiro atoms. The van der Waals surface area contributed by atoms with Crippen molar-refractivity contribution in [1.29, 1.82) is 0 Å². The van der Waals surface area contributed by atoms with Gasteiger partial charge in [0.2, 0.25) is 0 Å². The molecule has 3 heteroatoms. The quantitative estimate of drug-likeness (QED) is 0.702. The van der Waals surface area contributed by atoms with Crippen LogP contribution in [0.3, 0.4) is 0 Å². The van der Waals surface area contributed by atoms with Crippen LogP contribution in [-0.2, 0) is 0 Å². The first-order valence-corrected chi connectivity index (χ1v) is 7.02. The molecule has 0 bridgehead atoms. The fraction of sp³-hybridized carbons (Fsp3) is 0.727. The van der Waals surface area contributed by atoms with Crippen molar-refractivity contribution in [2.24, 2.45) is 5.92 Å². The minimum atomic E-state index is 0.687. The summed E-state index contributed by atoms with van der Waals surface area (Å²) >= 11 is 5.57. The van der Waals surface area contributed by atoms with Gasteiger partial charge in [0.15, 0.2) is 0 Å². The number of hydrogen-bond acceptors (Lipinski definition) is 2. The molecule has 1 heterocycles. The smallest absolute Gasteiger partial charge is 0.0962 e. The molecule has 2 rings (SSSR count). The van der Waals surface area contributed by atoms with Crippen molar-refractivity contribution in [3.05, 3.63) is 16.1 Å². The molecule has 1 nitrogen and oxygen atoms in total. The second kappa shape index (κ2) is 4.31. The van der Waals surface area contributed by atoms with Crippen LogP contribution in [0, 0.1) is 12.8 Å². The molecule has 0 saturated heterocycles. The normalized spacial score (nSPS) is 33.2. The molecular weight excluding hydrogens is 258 g/mol. The van der Waals surface area contributed by atoms with Crippen LogP contribution >= 0.6 is 27.3 Å². The summed E-state index contributed by atoms with van der Waals surface area (Å²) in [6.07, 6.45) is 3.91. The maximum atomic E-state index is 4.62. The first-order chi connectivity index (χ1) is 6.66. The van der Waals surface area contributed by atoms with E-state index in [-0.39, 0.29) is 0 Å². The Morgan fingerprint density at radius 3 is 2.93 bits per heavy atom. The van der Waals surface area contributed by atoms with Crippen LogP contribution in [-0.4, -0.2) is 9.81 Å². The number of halogens is 1. The van der Waals surface area contributed by atoms with Crippen molar-refractivity contribution in [3.63, 3.8) is 0 Å². The number of rotatable bonds is 1. The Labute approximate surface area is 98.1 Å². The molecule has 0 N–H and O–H groups in total. The second-order valence-corrected chi connectivity index (χ2v) is 6.51. The zero-order valence-corrected chi connectivity index (χ0v) is 11.1. The van der Waals surface area contributed by atoms with E-state index in [9.17, 15) is 0 Å². The lowest BCUT2D eigenvalue weighted by atomic mass is 9.81. The standard InChI is InChI=1S/C11H16BrNS/c1-7-3-4-9(12)5-10(7)11-13-8(2)6-14-11/h6-7,9-10H,3-5H2,1-2H3. The Hall–Kier alpha value is 0.110. The lowest BCUT2D eigenvalue weighted by Crippen LogP contribution is -2.21. The Morgan fingerprint density at radius 1 is 1.50 bits per heavy atom. The summed E-state index contributed by atoms with van der Waals surface area (Å²) in [6, 6.07) is 0. The molecule has 0 aromatic carbocycles. The number of nitrogens with zero attached hydrogens (tertiary/aromatic N) is 1. The van der Waals surface area contributed by atoms with Crippen molar-refractivity contribution in [3.8, 4) is 0 Å². The fourth-order valence-corrected chi connectivity index (χ4v) is 3.87. The number of hydrogen-bond donors (Lipinski definition) is 0. The van der Waals surface area contributed by atoms with Crippen molar-refractivity contribution >= 4 is 27.3 Å². The molecule has 14 heavy (non-hydrogen) atoms. The molecule has 0 aliphatic heterocycles. The van der Waals surface area contributed by atoms with Gasteiger partial charge in [-0.25, -0.2) is 4.98 Å². The van der Waals surface area contributed by atoms with Crippen LogP contribution in [0.1, 0.15) is 42.8 Å². The van der Waals surface area contributed by atoms with Crippen molar-refractivity contribution in [2.75, 3.05) is 0 Å². The Kier molecular flexibility index (Phi) is 3.27. The average molecular weight is 274 g/mol. The maximum absolute atomic E-state index is 4.62. The fourth-order valence-electron chi connectivity index (χ4n) is 2.16. The van der Waals surface area contributed by atoms with Gasteiger partial charge in [0.1, 0.15) is 0 Å². The topological polar surface area (TPSA) is 12.9 Å². The second-order valence-electron chi connectivity index (χ2n) is 4.32. The van der Waals surface area contributed by atoms with E-state index in [0.29, 0.717) is 10.7 Å². The molecule has 1 saturated carbocycles. The zero-order chi connectivity index (χ0) is 10.1. The lowest BCUT2D eigenvalue weighted by Gasteiger charge is -2.30. The van der Waals surface area contributed by atoms with Crippen LogP contribution in [0.2, 0.25) is 0 Å². The molecule has 0 radical (unpaired) electrons. The van der Waals surface area contributed by atoms with Gasteiger partial charge in [-0.15, -0.1) is 11.3 Å². The largest absolute Gasteiger partial charge is 0.246 e. The molecule has 1 aromatic heterocycles. The van der Waals surface area contributed by atoms with Gasteiger partial charge in [0.25, 0.3) is 0 Å². The molecule has 1 aliphatic rings. The minimum absolute atomic E-state index is 0.687. The van der Waals surface area contributed by atoms with E-state index < -0.39 is 0 Å². The third kappa shape index (κ3) is 2.19. The summed E-state index contributed by atoms with van der Waals surface area (Å²) in [5.41, 5.74) is 1.17. The Bertz CT molecular complexity index is 310.